The largest absolute Gasteiger partial charge is 0.493 e. The summed E-state index contributed by atoms with van der Waals surface area (Å²) in [7, 11) is 3.20. The summed E-state index contributed by atoms with van der Waals surface area (Å²) in [5, 5.41) is 7.47. The number of H-pyrrole nitrogens is 1. The Morgan fingerprint density at radius 3 is 2.37 bits per heavy atom. The maximum atomic E-state index is 13.7. The average molecular weight is 472 g/mol. The Morgan fingerprint density at radius 2 is 1.69 bits per heavy atom. The van der Waals surface area contributed by atoms with Crippen LogP contribution in [0.25, 0.3) is 11.3 Å². The van der Waals surface area contributed by atoms with Gasteiger partial charge in [0.05, 0.1) is 26.0 Å². The van der Waals surface area contributed by atoms with Crippen LogP contribution in [0, 0.1) is 12.7 Å². The summed E-state index contributed by atoms with van der Waals surface area (Å²) in [5.41, 5.74) is 5.94. The molecule has 1 atom stereocenters. The van der Waals surface area contributed by atoms with Gasteiger partial charge < -0.3 is 14.4 Å². The summed E-state index contributed by atoms with van der Waals surface area (Å²) >= 11 is 0. The van der Waals surface area contributed by atoms with Crippen molar-refractivity contribution in [1.82, 2.24) is 15.1 Å². The zero-order valence-corrected chi connectivity index (χ0v) is 19.8. The van der Waals surface area contributed by atoms with E-state index in [2.05, 4.69) is 10.2 Å². The van der Waals surface area contributed by atoms with Gasteiger partial charge in [-0.25, -0.2) is 4.39 Å². The number of carbonyl (C=O) groups excluding carboxylic acids is 1. The van der Waals surface area contributed by atoms with Crippen molar-refractivity contribution in [2.75, 3.05) is 20.8 Å². The highest BCUT2D eigenvalue weighted by Crippen LogP contribution is 2.43. The van der Waals surface area contributed by atoms with Gasteiger partial charge in [-0.15, -0.1) is 0 Å². The number of halogens is 1. The van der Waals surface area contributed by atoms with Crippen LogP contribution >= 0.6 is 0 Å². The van der Waals surface area contributed by atoms with Crippen molar-refractivity contribution in [3.05, 3.63) is 100 Å². The molecule has 7 heteroatoms. The SMILES string of the molecule is COc1ccc(CCN2C(=O)c3[nH]nc(-c4ccc(C)cc4)c3C2c2ccc(F)cc2)cc1OC. The van der Waals surface area contributed by atoms with Gasteiger partial charge in [0.15, 0.2) is 11.5 Å². The third kappa shape index (κ3) is 4.14. The monoisotopic (exact) mass is 471 g/mol. The highest BCUT2D eigenvalue weighted by Gasteiger charge is 2.41. The lowest BCUT2D eigenvalue weighted by molar-refractivity contribution is 0.0746. The number of carbonyl (C=O) groups is 1. The van der Waals surface area contributed by atoms with E-state index >= 15 is 0 Å². The van der Waals surface area contributed by atoms with Crippen LogP contribution < -0.4 is 9.47 Å². The second-order valence-electron chi connectivity index (χ2n) is 8.62. The van der Waals surface area contributed by atoms with Crippen LogP contribution in [0.5, 0.6) is 11.5 Å². The number of methoxy groups -OCH3 is 2. The third-order valence-corrected chi connectivity index (χ3v) is 6.46. The highest BCUT2D eigenvalue weighted by atomic mass is 19.1. The van der Waals surface area contributed by atoms with Crippen molar-refractivity contribution < 1.29 is 18.7 Å². The van der Waals surface area contributed by atoms with Crippen molar-refractivity contribution in [3.8, 4) is 22.8 Å². The first-order valence-corrected chi connectivity index (χ1v) is 11.4. The summed E-state index contributed by atoms with van der Waals surface area (Å²) in [6.45, 7) is 2.49. The van der Waals surface area contributed by atoms with E-state index in [0.29, 0.717) is 30.2 Å². The van der Waals surface area contributed by atoms with Crippen molar-refractivity contribution in [2.24, 2.45) is 0 Å². The number of aryl methyl sites for hydroxylation is 1. The van der Waals surface area contributed by atoms with Crippen LogP contribution in [0.1, 0.15) is 38.8 Å². The number of aromatic amines is 1. The molecule has 1 aliphatic rings. The number of rotatable bonds is 7. The average Bonchev–Trinajstić information content (AvgIpc) is 3.42. The number of ether oxygens (including phenoxy) is 2. The minimum absolute atomic E-state index is 0.124. The molecule has 1 aliphatic heterocycles. The number of nitrogens with zero attached hydrogens (tertiary/aromatic N) is 2. The van der Waals surface area contributed by atoms with Gasteiger partial charge in [0.25, 0.3) is 5.91 Å². The first-order chi connectivity index (χ1) is 17.0. The summed E-state index contributed by atoms with van der Waals surface area (Å²) in [5.74, 6) is 0.854. The van der Waals surface area contributed by atoms with Crippen molar-refractivity contribution in [2.45, 2.75) is 19.4 Å². The van der Waals surface area contributed by atoms with Gasteiger partial charge >= 0.3 is 0 Å². The van der Waals surface area contributed by atoms with E-state index in [4.69, 9.17) is 9.47 Å². The molecular weight excluding hydrogens is 445 g/mol. The molecule has 1 aromatic heterocycles. The lowest BCUT2D eigenvalue weighted by Crippen LogP contribution is -2.31. The van der Waals surface area contributed by atoms with E-state index in [0.717, 1.165) is 33.5 Å². The number of nitrogens with one attached hydrogen (secondary N) is 1. The Kier molecular flexibility index (Phi) is 5.99. The summed E-state index contributed by atoms with van der Waals surface area (Å²) in [6, 6.07) is 19.7. The molecule has 0 spiro atoms. The molecule has 0 saturated carbocycles. The molecule has 6 nitrogen and oxygen atoms in total. The Labute approximate surface area is 203 Å². The summed E-state index contributed by atoms with van der Waals surface area (Å²) < 4.78 is 24.5. The summed E-state index contributed by atoms with van der Waals surface area (Å²) in [4.78, 5) is 15.4. The van der Waals surface area contributed by atoms with Crippen molar-refractivity contribution in [1.29, 1.82) is 0 Å². The molecule has 3 aromatic carbocycles. The fourth-order valence-electron chi connectivity index (χ4n) is 4.64. The standard InChI is InChI=1S/C28H26FN3O3/c1-17-4-7-19(8-5-17)25-24-26(31-30-25)28(33)32(27(24)20-9-11-21(29)12-10-20)15-14-18-6-13-22(34-2)23(16-18)35-3/h4-13,16,27H,14-15H2,1-3H3,(H,30,31). The zero-order valence-electron chi connectivity index (χ0n) is 19.8. The topological polar surface area (TPSA) is 67.5 Å². The zero-order chi connectivity index (χ0) is 24.5. The van der Waals surface area contributed by atoms with Crippen LogP contribution in [0.15, 0.2) is 66.7 Å². The molecule has 35 heavy (non-hydrogen) atoms. The molecule has 178 valence electrons. The minimum Gasteiger partial charge on any atom is -0.493 e. The highest BCUT2D eigenvalue weighted by molar-refractivity contribution is 6.00. The second kappa shape index (κ2) is 9.25. The van der Waals surface area contributed by atoms with E-state index in [1.54, 1.807) is 26.4 Å². The van der Waals surface area contributed by atoms with Gasteiger partial charge in [-0.3, -0.25) is 9.89 Å². The molecule has 4 aromatic rings. The number of fused-ring (bicyclic) bond motifs is 1. The van der Waals surface area contributed by atoms with E-state index in [1.165, 1.54) is 12.1 Å². The predicted molar refractivity (Wildman–Crippen MR) is 131 cm³/mol. The molecule has 5 rings (SSSR count). The first kappa shape index (κ1) is 22.7. The maximum Gasteiger partial charge on any atom is 0.273 e. The van der Waals surface area contributed by atoms with Crippen molar-refractivity contribution in [3.63, 3.8) is 0 Å². The van der Waals surface area contributed by atoms with Crippen LogP contribution in [-0.4, -0.2) is 41.8 Å². The summed E-state index contributed by atoms with van der Waals surface area (Å²) in [6.07, 6.45) is 0.612. The number of benzene rings is 3. The second-order valence-corrected chi connectivity index (χ2v) is 8.62. The molecule has 0 radical (unpaired) electrons. The van der Waals surface area contributed by atoms with Gasteiger partial charge in [-0.05, 0) is 48.7 Å². The van der Waals surface area contributed by atoms with Gasteiger partial charge in [0.2, 0.25) is 0 Å². The Balaban J connectivity index is 1.52. The normalized spacial score (nSPS) is 14.8. The number of aromatic nitrogens is 2. The molecule has 2 heterocycles. The third-order valence-electron chi connectivity index (χ3n) is 6.46. The fourth-order valence-corrected chi connectivity index (χ4v) is 4.64. The molecular formula is C28H26FN3O3. The molecule has 1 amide bonds. The van der Waals surface area contributed by atoms with Crippen LogP contribution in [0.3, 0.4) is 0 Å². The van der Waals surface area contributed by atoms with Gasteiger partial charge in [-0.1, -0.05) is 48.0 Å². The van der Waals surface area contributed by atoms with E-state index < -0.39 is 0 Å². The smallest absolute Gasteiger partial charge is 0.273 e. The minimum atomic E-state index is -0.381. The van der Waals surface area contributed by atoms with Gasteiger partial charge in [0.1, 0.15) is 11.5 Å². The quantitative estimate of drug-likeness (QED) is 0.396. The lowest BCUT2D eigenvalue weighted by Gasteiger charge is -2.26. The molecule has 1 N–H and O–H groups in total. The molecule has 0 fully saturated rings. The first-order valence-electron chi connectivity index (χ1n) is 11.4. The Hall–Kier alpha value is -4.13. The van der Waals surface area contributed by atoms with E-state index in [1.807, 2.05) is 54.3 Å². The van der Waals surface area contributed by atoms with Crippen LogP contribution in [-0.2, 0) is 6.42 Å². The van der Waals surface area contributed by atoms with E-state index in [-0.39, 0.29) is 17.8 Å². The van der Waals surface area contributed by atoms with Gasteiger partial charge in [0, 0.05) is 17.7 Å². The number of hydrogen-bond donors (Lipinski definition) is 1. The molecule has 0 aliphatic carbocycles. The molecule has 1 unspecified atom stereocenters. The van der Waals surface area contributed by atoms with Crippen LogP contribution in [0.4, 0.5) is 4.39 Å². The Bertz CT molecular complexity index is 1360. The number of hydrogen-bond acceptors (Lipinski definition) is 4. The molecule has 0 saturated heterocycles. The van der Waals surface area contributed by atoms with Crippen molar-refractivity contribution >= 4 is 5.91 Å². The maximum absolute atomic E-state index is 13.7. The predicted octanol–water partition coefficient (Wildman–Crippen LogP) is 5.33. The molecule has 0 bridgehead atoms. The lowest BCUT2D eigenvalue weighted by atomic mass is 9.95. The van der Waals surface area contributed by atoms with E-state index in [9.17, 15) is 9.18 Å². The van der Waals surface area contributed by atoms with Crippen LogP contribution in [0.2, 0.25) is 0 Å². The van der Waals surface area contributed by atoms with Gasteiger partial charge in [-0.2, -0.15) is 5.10 Å². The number of amides is 1. The Morgan fingerprint density at radius 1 is 0.971 bits per heavy atom. The fraction of sp³-hybridized carbons (Fsp3) is 0.214.